The van der Waals surface area contributed by atoms with Gasteiger partial charge in [-0.2, -0.15) is 4.39 Å². The zero-order valence-corrected chi connectivity index (χ0v) is 7.98. The van der Waals surface area contributed by atoms with Crippen LogP contribution in [0.1, 0.15) is 19.0 Å². The molecule has 1 aliphatic rings. The summed E-state index contributed by atoms with van der Waals surface area (Å²) in [6.07, 6.45) is 0.864. The first kappa shape index (κ1) is 9.52. The molecule has 1 aliphatic heterocycles. The molecule has 0 bridgehead atoms. The molecule has 0 radical (unpaired) electrons. The summed E-state index contributed by atoms with van der Waals surface area (Å²) in [6, 6.07) is 2.12. The number of rotatable bonds is 1. The Labute approximate surface area is 81.4 Å². The molecule has 1 atom stereocenters. The largest absolute Gasteiger partial charge is 0.316 e. The van der Waals surface area contributed by atoms with E-state index < -0.39 is 11.8 Å². The summed E-state index contributed by atoms with van der Waals surface area (Å²) >= 11 is 0. The number of hydrogen-bond donors (Lipinski definition) is 1. The van der Waals surface area contributed by atoms with Crippen LogP contribution in [0.15, 0.2) is 12.1 Å². The molecule has 76 valence electrons. The Bertz CT molecular complexity index is 326. The van der Waals surface area contributed by atoms with Gasteiger partial charge in [-0.25, -0.2) is 9.37 Å². The number of halogens is 2. The van der Waals surface area contributed by atoms with Gasteiger partial charge in [0.1, 0.15) is 5.82 Å². The van der Waals surface area contributed by atoms with Gasteiger partial charge in [0.15, 0.2) is 0 Å². The summed E-state index contributed by atoms with van der Waals surface area (Å²) in [7, 11) is 0. The molecule has 4 heteroatoms. The third-order valence-corrected chi connectivity index (χ3v) is 2.75. The first-order valence-electron chi connectivity index (χ1n) is 4.64. The molecule has 2 heterocycles. The first-order chi connectivity index (χ1) is 6.60. The van der Waals surface area contributed by atoms with Gasteiger partial charge in [-0.1, -0.05) is 6.92 Å². The van der Waals surface area contributed by atoms with Gasteiger partial charge in [0.2, 0.25) is 5.95 Å². The van der Waals surface area contributed by atoms with Crippen molar-refractivity contribution in [2.75, 3.05) is 13.1 Å². The predicted octanol–water partition coefficient (Wildman–Crippen LogP) is 1.61. The summed E-state index contributed by atoms with van der Waals surface area (Å²) in [4.78, 5) is 3.74. The Morgan fingerprint density at radius 1 is 1.43 bits per heavy atom. The average molecular weight is 198 g/mol. The van der Waals surface area contributed by atoms with Crippen molar-refractivity contribution in [3.63, 3.8) is 0 Å². The van der Waals surface area contributed by atoms with Crippen molar-refractivity contribution >= 4 is 0 Å². The fourth-order valence-electron chi connectivity index (χ4n) is 1.81. The normalized spacial score (nSPS) is 26.8. The standard InChI is InChI=1S/C10H12F2N2/c1-10(2-3-13-6-10)8-4-7(11)5-9(12)14-8/h4-5,13H,2-3,6H2,1H3. The molecule has 1 N–H and O–H groups in total. The zero-order chi connectivity index (χ0) is 10.2. The van der Waals surface area contributed by atoms with Crippen molar-refractivity contribution in [2.24, 2.45) is 0 Å². The molecular weight excluding hydrogens is 186 g/mol. The van der Waals surface area contributed by atoms with E-state index in [1.54, 1.807) is 0 Å². The first-order valence-corrected chi connectivity index (χ1v) is 4.64. The van der Waals surface area contributed by atoms with Gasteiger partial charge in [-0.05, 0) is 19.0 Å². The molecule has 1 unspecified atom stereocenters. The van der Waals surface area contributed by atoms with Crippen LogP contribution in [-0.2, 0) is 5.41 Å². The molecule has 14 heavy (non-hydrogen) atoms. The number of hydrogen-bond acceptors (Lipinski definition) is 2. The van der Waals surface area contributed by atoms with Gasteiger partial charge in [0.05, 0.1) is 5.69 Å². The maximum Gasteiger partial charge on any atom is 0.216 e. The molecule has 0 amide bonds. The predicted molar refractivity (Wildman–Crippen MR) is 49.0 cm³/mol. The lowest BCUT2D eigenvalue weighted by atomic mass is 9.85. The SMILES string of the molecule is CC1(c2cc(F)cc(F)n2)CCNC1. The quantitative estimate of drug-likeness (QED) is 0.693. The highest BCUT2D eigenvalue weighted by molar-refractivity contribution is 5.19. The van der Waals surface area contributed by atoms with Crippen LogP contribution in [0, 0.1) is 11.8 Å². The fourth-order valence-corrected chi connectivity index (χ4v) is 1.81. The second-order valence-electron chi connectivity index (χ2n) is 3.98. The smallest absolute Gasteiger partial charge is 0.216 e. The van der Waals surface area contributed by atoms with Crippen LogP contribution in [0.25, 0.3) is 0 Å². The van der Waals surface area contributed by atoms with Crippen molar-refractivity contribution in [2.45, 2.75) is 18.8 Å². The molecule has 0 spiro atoms. The van der Waals surface area contributed by atoms with Gasteiger partial charge in [0.25, 0.3) is 0 Å². The van der Waals surface area contributed by atoms with Crippen LogP contribution < -0.4 is 5.32 Å². The highest BCUT2D eigenvalue weighted by atomic mass is 19.1. The molecule has 1 aromatic rings. The van der Waals surface area contributed by atoms with E-state index in [1.165, 1.54) is 6.07 Å². The minimum Gasteiger partial charge on any atom is -0.316 e. The van der Waals surface area contributed by atoms with E-state index >= 15 is 0 Å². The monoisotopic (exact) mass is 198 g/mol. The van der Waals surface area contributed by atoms with Crippen LogP contribution in [-0.4, -0.2) is 18.1 Å². The van der Waals surface area contributed by atoms with Gasteiger partial charge < -0.3 is 5.32 Å². The van der Waals surface area contributed by atoms with E-state index in [0.717, 1.165) is 25.6 Å². The summed E-state index contributed by atoms with van der Waals surface area (Å²) in [5.41, 5.74) is 0.267. The molecule has 1 saturated heterocycles. The van der Waals surface area contributed by atoms with E-state index in [1.807, 2.05) is 6.92 Å². The Kier molecular flexibility index (Phi) is 2.23. The maximum absolute atomic E-state index is 13.0. The number of pyridine rings is 1. The molecule has 2 nitrogen and oxygen atoms in total. The Balaban J connectivity index is 2.40. The lowest BCUT2D eigenvalue weighted by Crippen LogP contribution is -2.26. The second-order valence-corrected chi connectivity index (χ2v) is 3.98. The topological polar surface area (TPSA) is 24.9 Å². The zero-order valence-electron chi connectivity index (χ0n) is 7.98. The highest BCUT2D eigenvalue weighted by Gasteiger charge is 2.32. The number of nitrogens with one attached hydrogen (secondary N) is 1. The summed E-state index contributed by atoms with van der Waals surface area (Å²) in [5, 5.41) is 3.17. The van der Waals surface area contributed by atoms with Gasteiger partial charge >= 0.3 is 0 Å². The minimum absolute atomic E-state index is 0.233. The van der Waals surface area contributed by atoms with E-state index in [9.17, 15) is 8.78 Å². The third-order valence-electron chi connectivity index (χ3n) is 2.75. The van der Waals surface area contributed by atoms with Crippen molar-refractivity contribution in [1.82, 2.24) is 10.3 Å². The molecule has 1 fully saturated rings. The van der Waals surface area contributed by atoms with Crippen molar-refractivity contribution < 1.29 is 8.78 Å². The molecular formula is C10H12F2N2. The maximum atomic E-state index is 13.0. The van der Waals surface area contributed by atoms with Gasteiger partial charge in [0, 0.05) is 18.0 Å². The van der Waals surface area contributed by atoms with E-state index in [-0.39, 0.29) is 5.41 Å². The molecule has 0 aromatic carbocycles. The van der Waals surface area contributed by atoms with Crippen LogP contribution >= 0.6 is 0 Å². The van der Waals surface area contributed by atoms with Crippen LogP contribution in [0.4, 0.5) is 8.78 Å². The van der Waals surface area contributed by atoms with Gasteiger partial charge in [-0.3, -0.25) is 0 Å². The summed E-state index contributed by atoms with van der Waals surface area (Å²) in [6.45, 7) is 3.56. The third kappa shape index (κ3) is 1.62. The highest BCUT2D eigenvalue weighted by Crippen LogP contribution is 2.28. The molecule has 0 saturated carbocycles. The lowest BCUT2D eigenvalue weighted by molar-refractivity contribution is 0.472. The van der Waals surface area contributed by atoms with Crippen molar-refractivity contribution in [3.8, 4) is 0 Å². The van der Waals surface area contributed by atoms with Gasteiger partial charge in [-0.15, -0.1) is 0 Å². The van der Waals surface area contributed by atoms with Crippen LogP contribution in [0.5, 0.6) is 0 Å². The van der Waals surface area contributed by atoms with Crippen LogP contribution in [0.2, 0.25) is 0 Å². The van der Waals surface area contributed by atoms with E-state index in [0.29, 0.717) is 5.69 Å². The fraction of sp³-hybridized carbons (Fsp3) is 0.500. The number of aromatic nitrogens is 1. The van der Waals surface area contributed by atoms with Crippen molar-refractivity contribution in [3.05, 3.63) is 29.6 Å². The summed E-state index contributed by atoms with van der Waals surface area (Å²) in [5.74, 6) is -1.30. The van der Waals surface area contributed by atoms with E-state index in [2.05, 4.69) is 10.3 Å². The van der Waals surface area contributed by atoms with E-state index in [4.69, 9.17) is 0 Å². The molecule has 2 rings (SSSR count). The Hall–Kier alpha value is -1.03. The molecule has 1 aromatic heterocycles. The Morgan fingerprint density at radius 3 is 2.79 bits per heavy atom. The summed E-state index contributed by atoms with van der Waals surface area (Å²) < 4.78 is 25.8. The second kappa shape index (κ2) is 3.28. The van der Waals surface area contributed by atoms with Crippen LogP contribution in [0.3, 0.4) is 0 Å². The minimum atomic E-state index is -0.742. The average Bonchev–Trinajstić information content (AvgIpc) is 2.52. The molecule has 0 aliphatic carbocycles. The lowest BCUT2D eigenvalue weighted by Gasteiger charge is -2.21. The van der Waals surface area contributed by atoms with Crippen molar-refractivity contribution in [1.29, 1.82) is 0 Å². The Morgan fingerprint density at radius 2 is 2.21 bits per heavy atom. The number of nitrogens with zero attached hydrogens (tertiary/aromatic N) is 1.